The Morgan fingerprint density at radius 3 is 2.81 bits per heavy atom. The summed E-state index contributed by atoms with van der Waals surface area (Å²) < 4.78 is 11.6. The molecule has 0 radical (unpaired) electrons. The zero-order valence-electron chi connectivity index (χ0n) is 13.3. The molecule has 2 rings (SSSR count). The number of nitrogens with one attached hydrogen (secondary N) is 1. The minimum absolute atomic E-state index is 0.506. The van der Waals surface area contributed by atoms with Gasteiger partial charge in [0.15, 0.2) is 0 Å². The second-order valence-electron chi connectivity index (χ2n) is 5.80. The number of hydrogen-bond acceptors (Lipinski definition) is 3. The maximum atomic E-state index is 5.91. The van der Waals surface area contributed by atoms with Gasteiger partial charge in [-0.3, -0.25) is 0 Å². The smallest absolute Gasteiger partial charge is 0.119 e. The zero-order valence-corrected chi connectivity index (χ0v) is 13.3. The Hall–Kier alpha value is -1.06. The van der Waals surface area contributed by atoms with E-state index in [1.165, 1.54) is 37.7 Å². The molecule has 0 heterocycles. The van der Waals surface area contributed by atoms with Gasteiger partial charge in [0.05, 0.1) is 19.3 Å². The average molecular weight is 291 g/mol. The van der Waals surface area contributed by atoms with Gasteiger partial charge in [-0.1, -0.05) is 38.3 Å². The predicted octanol–water partition coefficient (Wildman–Crippen LogP) is 3.91. The van der Waals surface area contributed by atoms with Crippen LogP contribution in [0.5, 0.6) is 5.75 Å². The molecule has 0 unspecified atom stereocenters. The number of hydrogen-bond donors (Lipinski definition) is 1. The summed E-state index contributed by atoms with van der Waals surface area (Å²) in [5.74, 6) is 0.967. The van der Waals surface area contributed by atoms with Crippen molar-refractivity contribution in [3.05, 3.63) is 29.8 Å². The van der Waals surface area contributed by atoms with E-state index in [4.69, 9.17) is 9.47 Å². The molecule has 3 heteroatoms. The highest BCUT2D eigenvalue weighted by Crippen LogP contribution is 2.19. The van der Waals surface area contributed by atoms with Gasteiger partial charge in [0.25, 0.3) is 0 Å². The van der Waals surface area contributed by atoms with Gasteiger partial charge in [0.2, 0.25) is 0 Å². The van der Waals surface area contributed by atoms with Crippen LogP contribution >= 0.6 is 0 Å². The topological polar surface area (TPSA) is 30.5 Å². The van der Waals surface area contributed by atoms with Gasteiger partial charge in [-0.05, 0) is 37.0 Å². The Kier molecular flexibility index (Phi) is 7.61. The highest BCUT2D eigenvalue weighted by molar-refractivity contribution is 5.28. The van der Waals surface area contributed by atoms with Crippen LogP contribution in [0, 0.1) is 0 Å². The van der Waals surface area contributed by atoms with E-state index in [0.29, 0.717) is 6.10 Å². The van der Waals surface area contributed by atoms with Crippen LogP contribution in [0.25, 0.3) is 0 Å². The normalized spacial score (nSPS) is 16.0. The fourth-order valence-electron chi connectivity index (χ4n) is 2.73. The minimum Gasteiger partial charge on any atom is -0.494 e. The first-order chi connectivity index (χ1) is 10.4. The molecular weight excluding hydrogens is 262 g/mol. The summed E-state index contributed by atoms with van der Waals surface area (Å²) >= 11 is 0. The first-order valence-electron chi connectivity index (χ1n) is 8.42. The summed E-state index contributed by atoms with van der Waals surface area (Å²) in [6.45, 7) is 5.51. The molecule has 1 aliphatic carbocycles. The van der Waals surface area contributed by atoms with Crippen LogP contribution in [-0.4, -0.2) is 25.9 Å². The first-order valence-corrected chi connectivity index (χ1v) is 8.42. The molecule has 0 saturated heterocycles. The lowest BCUT2D eigenvalue weighted by Crippen LogP contribution is -2.24. The molecule has 118 valence electrons. The first kappa shape index (κ1) is 16.3. The average Bonchev–Trinajstić information content (AvgIpc) is 2.54. The second-order valence-corrected chi connectivity index (χ2v) is 5.80. The van der Waals surface area contributed by atoms with Crippen LogP contribution in [0.3, 0.4) is 0 Å². The summed E-state index contributed by atoms with van der Waals surface area (Å²) in [7, 11) is 0. The van der Waals surface area contributed by atoms with E-state index in [1.54, 1.807) is 0 Å². The molecule has 3 nitrogen and oxygen atoms in total. The summed E-state index contributed by atoms with van der Waals surface area (Å²) in [6.07, 6.45) is 8.10. The molecule has 0 bridgehead atoms. The van der Waals surface area contributed by atoms with Crippen molar-refractivity contribution in [1.29, 1.82) is 0 Å². The van der Waals surface area contributed by atoms with Gasteiger partial charge in [0.1, 0.15) is 5.75 Å². The second kappa shape index (κ2) is 9.80. The Morgan fingerprint density at radius 2 is 2.00 bits per heavy atom. The molecule has 0 amide bonds. The highest BCUT2D eigenvalue weighted by atomic mass is 16.5. The van der Waals surface area contributed by atoms with E-state index in [2.05, 4.69) is 30.4 Å². The molecule has 1 saturated carbocycles. The van der Waals surface area contributed by atoms with E-state index >= 15 is 0 Å². The molecule has 1 aromatic carbocycles. The molecule has 1 fully saturated rings. The lowest BCUT2D eigenvalue weighted by molar-refractivity contribution is 0.0302. The summed E-state index contributed by atoms with van der Waals surface area (Å²) in [6, 6.07) is 8.32. The maximum absolute atomic E-state index is 5.91. The van der Waals surface area contributed by atoms with Crippen molar-refractivity contribution in [2.45, 2.75) is 58.1 Å². The lowest BCUT2D eigenvalue weighted by Gasteiger charge is -2.22. The SMILES string of the molecule is CCCOc1cccc(CNCCOC2CCCCC2)c1. The van der Waals surface area contributed by atoms with Crippen molar-refractivity contribution in [1.82, 2.24) is 5.32 Å². The van der Waals surface area contributed by atoms with Crippen LogP contribution in [0.4, 0.5) is 0 Å². The van der Waals surface area contributed by atoms with Crippen molar-refractivity contribution < 1.29 is 9.47 Å². The third-order valence-corrected chi connectivity index (χ3v) is 3.89. The van der Waals surface area contributed by atoms with Crippen LogP contribution < -0.4 is 10.1 Å². The molecule has 1 aromatic rings. The Balaban J connectivity index is 1.59. The van der Waals surface area contributed by atoms with Crippen molar-refractivity contribution in [3.8, 4) is 5.75 Å². The van der Waals surface area contributed by atoms with E-state index in [1.807, 2.05) is 6.07 Å². The van der Waals surface area contributed by atoms with Crippen molar-refractivity contribution in [2.75, 3.05) is 19.8 Å². The predicted molar refractivity (Wildman–Crippen MR) is 86.8 cm³/mol. The molecule has 0 atom stereocenters. The third-order valence-electron chi connectivity index (χ3n) is 3.89. The van der Waals surface area contributed by atoms with E-state index in [0.717, 1.165) is 38.5 Å². The van der Waals surface area contributed by atoms with Crippen LogP contribution in [-0.2, 0) is 11.3 Å². The Labute approximate surface area is 129 Å². The highest BCUT2D eigenvalue weighted by Gasteiger charge is 2.12. The standard InChI is InChI=1S/C18H29NO2/c1-2-12-20-18-10-6-7-16(14-18)15-19-11-13-21-17-8-4-3-5-9-17/h6-7,10,14,17,19H,2-5,8-9,11-13,15H2,1H3. The van der Waals surface area contributed by atoms with Crippen LogP contribution in [0.1, 0.15) is 51.0 Å². The van der Waals surface area contributed by atoms with Gasteiger partial charge in [0, 0.05) is 13.1 Å². The summed E-state index contributed by atoms with van der Waals surface area (Å²) in [5.41, 5.74) is 1.27. The number of benzene rings is 1. The van der Waals surface area contributed by atoms with Crippen LogP contribution in [0.2, 0.25) is 0 Å². The molecule has 0 aromatic heterocycles. The fraction of sp³-hybridized carbons (Fsp3) is 0.667. The largest absolute Gasteiger partial charge is 0.494 e. The van der Waals surface area contributed by atoms with Gasteiger partial charge in [-0.15, -0.1) is 0 Å². The van der Waals surface area contributed by atoms with Gasteiger partial charge in [-0.25, -0.2) is 0 Å². The van der Waals surface area contributed by atoms with Gasteiger partial charge >= 0.3 is 0 Å². The van der Waals surface area contributed by atoms with Crippen molar-refractivity contribution in [2.24, 2.45) is 0 Å². The number of ether oxygens (including phenoxy) is 2. The monoisotopic (exact) mass is 291 g/mol. The van der Waals surface area contributed by atoms with Crippen LogP contribution in [0.15, 0.2) is 24.3 Å². The van der Waals surface area contributed by atoms with Gasteiger partial charge in [-0.2, -0.15) is 0 Å². The molecule has 21 heavy (non-hydrogen) atoms. The van der Waals surface area contributed by atoms with E-state index in [-0.39, 0.29) is 0 Å². The molecule has 0 aliphatic heterocycles. The van der Waals surface area contributed by atoms with Crippen molar-refractivity contribution >= 4 is 0 Å². The number of rotatable bonds is 9. The molecule has 1 aliphatic rings. The summed E-state index contributed by atoms with van der Waals surface area (Å²) in [5, 5.41) is 3.44. The summed E-state index contributed by atoms with van der Waals surface area (Å²) in [4.78, 5) is 0. The Morgan fingerprint density at radius 1 is 1.14 bits per heavy atom. The zero-order chi connectivity index (χ0) is 14.8. The molecule has 0 spiro atoms. The molecule has 1 N–H and O–H groups in total. The van der Waals surface area contributed by atoms with Crippen molar-refractivity contribution in [3.63, 3.8) is 0 Å². The van der Waals surface area contributed by atoms with Gasteiger partial charge < -0.3 is 14.8 Å². The third kappa shape index (κ3) is 6.49. The lowest BCUT2D eigenvalue weighted by atomic mass is 9.98. The minimum atomic E-state index is 0.506. The van der Waals surface area contributed by atoms with E-state index < -0.39 is 0 Å². The van der Waals surface area contributed by atoms with E-state index in [9.17, 15) is 0 Å². The quantitative estimate of drug-likeness (QED) is 0.700. The Bertz CT molecular complexity index is 389. The maximum Gasteiger partial charge on any atom is 0.119 e. The molecular formula is C18H29NO2. The fourth-order valence-corrected chi connectivity index (χ4v) is 2.73.